The van der Waals surface area contributed by atoms with Crippen molar-refractivity contribution in [1.82, 2.24) is 14.7 Å². The number of nitrogens with zero attached hydrogens (tertiary/aromatic N) is 3. The molecule has 0 aliphatic heterocycles. The number of aromatic nitrogens is 2. The highest BCUT2D eigenvalue weighted by molar-refractivity contribution is 9.10. The molecule has 1 aromatic heterocycles. The van der Waals surface area contributed by atoms with Crippen molar-refractivity contribution in [3.8, 4) is 0 Å². The Balaban J connectivity index is 2.20. The first-order chi connectivity index (χ1) is 14.2. The van der Waals surface area contributed by atoms with Gasteiger partial charge in [-0.2, -0.15) is 5.10 Å². The summed E-state index contributed by atoms with van der Waals surface area (Å²) in [5, 5.41) is 10.5. The molecule has 1 aromatic carbocycles. The van der Waals surface area contributed by atoms with Crippen LogP contribution in [0.25, 0.3) is 0 Å². The van der Waals surface area contributed by atoms with Crippen LogP contribution in [-0.2, 0) is 15.7 Å². The second-order valence-electron chi connectivity index (χ2n) is 9.93. The van der Waals surface area contributed by atoms with Crippen LogP contribution >= 0.6 is 15.9 Å². The van der Waals surface area contributed by atoms with Crippen LogP contribution in [0.5, 0.6) is 0 Å². The Labute approximate surface area is 193 Å². The summed E-state index contributed by atoms with van der Waals surface area (Å²) in [7, 11) is 0. The first-order valence-corrected chi connectivity index (χ1v) is 11.2. The van der Waals surface area contributed by atoms with E-state index < -0.39 is 0 Å². The molecule has 0 saturated carbocycles. The van der Waals surface area contributed by atoms with Gasteiger partial charge in [0.25, 0.3) is 0 Å². The van der Waals surface area contributed by atoms with Gasteiger partial charge >= 0.3 is 6.03 Å². The molecular formula is C23H34BrN5O2. The first kappa shape index (κ1) is 24.9. The topological polar surface area (TPSA) is 79.3 Å². The van der Waals surface area contributed by atoms with Crippen molar-refractivity contribution < 1.29 is 9.59 Å². The number of para-hydroxylation sites is 1. The number of urea groups is 1. The summed E-state index contributed by atoms with van der Waals surface area (Å²) in [5.41, 5.74) is 1.09. The lowest BCUT2D eigenvalue weighted by molar-refractivity contribution is -0.117. The highest BCUT2D eigenvalue weighted by Gasteiger charge is 2.27. The molecule has 0 bridgehead atoms. The molecule has 31 heavy (non-hydrogen) atoms. The third-order valence-electron chi connectivity index (χ3n) is 4.69. The maximum absolute atomic E-state index is 12.9. The molecule has 2 rings (SSSR count). The maximum Gasteiger partial charge on any atom is 0.322 e. The Morgan fingerprint density at radius 3 is 2.23 bits per heavy atom. The fourth-order valence-corrected chi connectivity index (χ4v) is 3.31. The predicted molar refractivity (Wildman–Crippen MR) is 130 cm³/mol. The maximum atomic E-state index is 12.9. The summed E-state index contributed by atoms with van der Waals surface area (Å²) in [6, 6.07) is 8.77. The molecule has 0 aliphatic carbocycles. The van der Waals surface area contributed by atoms with E-state index >= 15 is 0 Å². The van der Waals surface area contributed by atoms with Crippen LogP contribution in [0.1, 0.15) is 61.1 Å². The van der Waals surface area contributed by atoms with Gasteiger partial charge in [-0.25, -0.2) is 9.48 Å². The number of halogens is 1. The third-order valence-corrected chi connectivity index (χ3v) is 5.39. The predicted octanol–water partition coefficient (Wildman–Crippen LogP) is 5.58. The lowest BCUT2D eigenvalue weighted by atomic mass is 9.92. The van der Waals surface area contributed by atoms with Crippen LogP contribution in [-0.4, -0.2) is 39.2 Å². The molecule has 0 spiro atoms. The summed E-state index contributed by atoms with van der Waals surface area (Å²) in [6.45, 7) is 16.0. The number of benzene rings is 1. The van der Waals surface area contributed by atoms with Crippen LogP contribution in [0.2, 0.25) is 0 Å². The van der Waals surface area contributed by atoms with Gasteiger partial charge < -0.3 is 15.5 Å². The van der Waals surface area contributed by atoms with Crippen LogP contribution in [0.15, 0.2) is 34.8 Å². The van der Waals surface area contributed by atoms with Gasteiger partial charge in [0, 0.05) is 22.0 Å². The number of hydrogen-bond acceptors (Lipinski definition) is 3. The molecule has 0 unspecified atom stereocenters. The van der Waals surface area contributed by atoms with E-state index in [0.29, 0.717) is 11.5 Å². The molecule has 7 nitrogen and oxygen atoms in total. The first-order valence-electron chi connectivity index (χ1n) is 10.4. The Morgan fingerprint density at radius 1 is 1.10 bits per heavy atom. The minimum absolute atomic E-state index is 0.0753. The fraction of sp³-hybridized carbons (Fsp3) is 0.522. The van der Waals surface area contributed by atoms with Gasteiger partial charge in [-0.3, -0.25) is 4.79 Å². The second kappa shape index (κ2) is 9.42. The van der Waals surface area contributed by atoms with E-state index in [4.69, 9.17) is 5.10 Å². The Kier molecular flexibility index (Phi) is 7.57. The van der Waals surface area contributed by atoms with Gasteiger partial charge in [-0.05, 0) is 62.7 Å². The van der Waals surface area contributed by atoms with E-state index in [0.717, 1.165) is 10.2 Å². The Bertz CT molecular complexity index is 938. The highest BCUT2D eigenvalue weighted by Crippen LogP contribution is 2.28. The van der Waals surface area contributed by atoms with Crippen molar-refractivity contribution in [3.05, 3.63) is 40.5 Å². The molecule has 0 fully saturated rings. The zero-order valence-corrected chi connectivity index (χ0v) is 21.3. The van der Waals surface area contributed by atoms with Crippen molar-refractivity contribution >= 4 is 39.4 Å². The number of anilines is 2. The molecular weight excluding hydrogens is 458 g/mol. The largest absolute Gasteiger partial charge is 0.322 e. The number of amides is 3. The molecule has 170 valence electrons. The number of carbonyl (C=O) groups excluding carboxylic acids is 2. The summed E-state index contributed by atoms with van der Waals surface area (Å²) in [5.74, 6) is 0.346. The van der Waals surface area contributed by atoms with Gasteiger partial charge in [-0.1, -0.05) is 32.9 Å². The van der Waals surface area contributed by atoms with Crippen LogP contribution in [0.4, 0.5) is 16.3 Å². The molecule has 2 N–H and O–H groups in total. The van der Waals surface area contributed by atoms with E-state index in [1.165, 1.54) is 4.90 Å². The lowest BCUT2D eigenvalue weighted by Crippen LogP contribution is -2.45. The monoisotopic (exact) mass is 491 g/mol. The zero-order valence-electron chi connectivity index (χ0n) is 19.7. The number of rotatable bonds is 5. The molecule has 0 saturated heterocycles. The van der Waals surface area contributed by atoms with Crippen molar-refractivity contribution in [3.63, 3.8) is 0 Å². The average Bonchev–Trinajstić information content (AvgIpc) is 3.05. The zero-order chi connectivity index (χ0) is 23.6. The fourth-order valence-electron chi connectivity index (χ4n) is 2.92. The molecule has 3 amide bonds. The van der Waals surface area contributed by atoms with Crippen molar-refractivity contribution in [2.45, 2.75) is 72.4 Å². The van der Waals surface area contributed by atoms with Crippen LogP contribution in [0.3, 0.4) is 0 Å². The van der Waals surface area contributed by atoms with E-state index in [-0.39, 0.29) is 35.5 Å². The SMILES string of the molecule is CC(C)N(CC(=O)Nc1cc(C(C)(C)C)nn1C(C)(C)C)C(=O)Nc1ccccc1Br. The number of hydrogen-bond donors (Lipinski definition) is 2. The summed E-state index contributed by atoms with van der Waals surface area (Å²) >= 11 is 3.43. The van der Waals surface area contributed by atoms with E-state index in [9.17, 15) is 9.59 Å². The average molecular weight is 492 g/mol. The smallest absolute Gasteiger partial charge is 0.313 e. The van der Waals surface area contributed by atoms with E-state index in [1.54, 1.807) is 6.07 Å². The quantitative estimate of drug-likeness (QED) is 0.572. The minimum Gasteiger partial charge on any atom is -0.313 e. The summed E-state index contributed by atoms with van der Waals surface area (Å²) in [6.07, 6.45) is 0. The number of carbonyl (C=O) groups is 2. The summed E-state index contributed by atoms with van der Waals surface area (Å²) < 4.78 is 2.60. The van der Waals surface area contributed by atoms with Gasteiger partial charge in [0.1, 0.15) is 12.4 Å². The van der Waals surface area contributed by atoms with Crippen molar-refractivity contribution in [1.29, 1.82) is 0 Å². The summed E-state index contributed by atoms with van der Waals surface area (Å²) in [4.78, 5) is 27.3. The van der Waals surface area contributed by atoms with Crippen molar-refractivity contribution in [2.24, 2.45) is 0 Å². The van der Waals surface area contributed by atoms with E-state index in [2.05, 4.69) is 47.3 Å². The highest BCUT2D eigenvalue weighted by atomic mass is 79.9. The van der Waals surface area contributed by atoms with Crippen molar-refractivity contribution in [2.75, 3.05) is 17.2 Å². The van der Waals surface area contributed by atoms with Gasteiger partial charge in [-0.15, -0.1) is 0 Å². The standard InChI is InChI=1S/C23H34BrN5O2/c1-15(2)28(21(31)25-17-12-10-9-11-16(17)24)14-20(30)26-19-13-18(22(3,4)5)27-29(19)23(6,7)8/h9-13,15H,14H2,1-8H3,(H,25,31)(H,26,30). The second-order valence-corrected chi connectivity index (χ2v) is 10.8. The minimum atomic E-state index is -0.336. The molecule has 0 aliphatic rings. The Hall–Kier alpha value is -2.35. The van der Waals surface area contributed by atoms with E-state index in [1.807, 2.05) is 63.6 Å². The number of nitrogens with one attached hydrogen (secondary N) is 2. The van der Waals surface area contributed by atoms with Gasteiger partial charge in [0.05, 0.1) is 16.9 Å². The molecule has 2 aromatic rings. The lowest BCUT2D eigenvalue weighted by Gasteiger charge is -2.27. The van der Waals surface area contributed by atoms with Crippen LogP contribution < -0.4 is 10.6 Å². The normalized spacial score (nSPS) is 12.1. The molecule has 0 atom stereocenters. The van der Waals surface area contributed by atoms with Crippen LogP contribution in [0, 0.1) is 0 Å². The third kappa shape index (κ3) is 6.56. The van der Waals surface area contributed by atoms with Gasteiger partial charge in [0.15, 0.2) is 0 Å². The molecule has 8 heteroatoms. The Morgan fingerprint density at radius 2 is 1.71 bits per heavy atom. The molecule has 1 heterocycles. The van der Waals surface area contributed by atoms with Gasteiger partial charge in [0.2, 0.25) is 5.91 Å². The molecule has 0 radical (unpaired) electrons.